The number of hydrogen-bond donors (Lipinski definition) is 2. The Morgan fingerprint density at radius 2 is 2.12 bits per heavy atom. The third-order valence-electron chi connectivity index (χ3n) is 3.68. The molecule has 1 spiro atoms. The van der Waals surface area contributed by atoms with Crippen molar-refractivity contribution in [3.8, 4) is 0 Å². The highest BCUT2D eigenvalue weighted by atomic mass is 32.2. The first-order valence-corrected chi connectivity index (χ1v) is 7.28. The number of amides is 1. The summed E-state index contributed by atoms with van der Waals surface area (Å²) in [5.41, 5.74) is -0.514. The first-order valence-electron chi connectivity index (χ1n) is 6.13. The van der Waals surface area contributed by atoms with Crippen molar-refractivity contribution in [1.29, 1.82) is 0 Å². The zero-order valence-corrected chi connectivity index (χ0v) is 11.8. The predicted octanol–water partition coefficient (Wildman–Crippen LogP) is 1.37. The summed E-state index contributed by atoms with van der Waals surface area (Å²) in [6.45, 7) is 8.34. The number of nitrogens with one attached hydrogen (secondary N) is 2. The van der Waals surface area contributed by atoms with E-state index in [0.717, 1.165) is 17.9 Å². The smallest absolute Gasteiger partial charge is 0.253 e. The molecule has 2 aliphatic heterocycles. The van der Waals surface area contributed by atoms with Gasteiger partial charge >= 0.3 is 0 Å². The van der Waals surface area contributed by atoms with E-state index in [1.165, 1.54) is 0 Å². The van der Waals surface area contributed by atoms with Crippen molar-refractivity contribution in [2.75, 3.05) is 11.5 Å². The van der Waals surface area contributed by atoms with Gasteiger partial charge in [0.15, 0.2) is 5.96 Å². The Morgan fingerprint density at radius 3 is 2.71 bits per heavy atom. The van der Waals surface area contributed by atoms with Crippen LogP contribution in [-0.2, 0) is 4.79 Å². The van der Waals surface area contributed by atoms with Crippen LogP contribution >= 0.6 is 11.8 Å². The second-order valence-electron chi connectivity index (χ2n) is 5.74. The number of nitrogens with zero attached hydrogens (tertiary/aromatic N) is 1. The van der Waals surface area contributed by atoms with Gasteiger partial charge in [0.1, 0.15) is 5.54 Å². The number of aliphatic imine (C=N–C) groups is 1. The van der Waals surface area contributed by atoms with Crippen LogP contribution in [0.4, 0.5) is 0 Å². The van der Waals surface area contributed by atoms with E-state index in [4.69, 9.17) is 0 Å². The summed E-state index contributed by atoms with van der Waals surface area (Å²) < 4.78 is 0. The summed E-state index contributed by atoms with van der Waals surface area (Å²) in [6.07, 6.45) is 1.05. The quantitative estimate of drug-likeness (QED) is 0.744. The van der Waals surface area contributed by atoms with Crippen LogP contribution in [0.25, 0.3) is 0 Å². The van der Waals surface area contributed by atoms with Crippen LogP contribution in [0, 0.1) is 5.41 Å². The lowest BCUT2D eigenvalue weighted by Crippen LogP contribution is -2.61. The third-order valence-corrected chi connectivity index (χ3v) is 4.81. The van der Waals surface area contributed by atoms with E-state index < -0.39 is 5.54 Å². The molecule has 1 unspecified atom stereocenters. The molecule has 2 saturated heterocycles. The lowest BCUT2D eigenvalue weighted by molar-refractivity contribution is -0.127. The molecule has 0 radical (unpaired) electrons. The average Bonchev–Trinajstić information content (AvgIpc) is 2.49. The topological polar surface area (TPSA) is 53.5 Å². The van der Waals surface area contributed by atoms with Gasteiger partial charge in [-0.3, -0.25) is 15.1 Å². The number of thioether (sulfide) groups is 1. The molecular weight excluding hydrogens is 234 g/mol. The SMILES string of the molecule is CC(C)N=C1NC(=O)C2(CSCCC2(C)C)N1. The molecule has 1 amide bonds. The molecule has 2 aliphatic rings. The predicted molar refractivity (Wildman–Crippen MR) is 72.3 cm³/mol. The van der Waals surface area contributed by atoms with E-state index >= 15 is 0 Å². The minimum atomic E-state index is -0.482. The fourth-order valence-corrected chi connectivity index (χ4v) is 4.07. The van der Waals surface area contributed by atoms with Crippen molar-refractivity contribution >= 4 is 23.6 Å². The van der Waals surface area contributed by atoms with Crippen LogP contribution in [0.2, 0.25) is 0 Å². The van der Waals surface area contributed by atoms with Gasteiger partial charge in [-0.05, 0) is 31.4 Å². The van der Waals surface area contributed by atoms with Crippen LogP contribution < -0.4 is 10.6 Å². The van der Waals surface area contributed by atoms with Crippen LogP contribution in [0.5, 0.6) is 0 Å². The van der Waals surface area contributed by atoms with Gasteiger partial charge in [-0.25, -0.2) is 0 Å². The fourth-order valence-electron chi connectivity index (χ4n) is 2.37. The molecule has 2 N–H and O–H groups in total. The van der Waals surface area contributed by atoms with Crippen molar-refractivity contribution in [2.24, 2.45) is 10.4 Å². The summed E-state index contributed by atoms with van der Waals surface area (Å²) in [4.78, 5) is 16.7. The highest BCUT2D eigenvalue weighted by molar-refractivity contribution is 7.99. The van der Waals surface area contributed by atoms with Gasteiger partial charge in [0.2, 0.25) is 0 Å². The number of carbonyl (C=O) groups excluding carboxylic acids is 1. The van der Waals surface area contributed by atoms with E-state index in [-0.39, 0.29) is 17.4 Å². The van der Waals surface area contributed by atoms with E-state index in [9.17, 15) is 4.79 Å². The highest BCUT2D eigenvalue weighted by Crippen LogP contribution is 2.43. The second-order valence-corrected chi connectivity index (χ2v) is 6.85. The van der Waals surface area contributed by atoms with Gasteiger partial charge in [-0.1, -0.05) is 13.8 Å². The maximum absolute atomic E-state index is 12.3. The third kappa shape index (κ3) is 2.05. The number of hydrogen-bond acceptors (Lipinski definition) is 3. The van der Waals surface area contributed by atoms with Gasteiger partial charge in [0.25, 0.3) is 5.91 Å². The molecular formula is C12H21N3OS. The summed E-state index contributed by atoms with van der Waals surface area (Å²) in [5.74, 6) is 2.67. The average molecular weight is 255 g/mol. The summed E-state index contributed by atoms with van der Waals surface area (Å²) in [7, 11) is 0. The Hall–Kier alpha value is -0.710. The summed E-state index contributed by atoms with van der Waals surface area (Å²) in [5, 5.41) is 6.23. The van der Waals surface area contributed by atoms with Gasteiger partial charge in [-0.2, -0.15) is 11.8 Å². The fraction of sp³-hybridized carbons (Fsp3) is 0.833. The van der Waals surface area contributed by atoms with Crippen molar-refractivity contribution < 1.29 is 4.79 Å². The van der Waals surface area contributed by atoms with E-state index in [2.05, 4.69) is 29.5 Å². The van der Waals surface area contributed by atoms with Crippen molar-refractivity contribution in [2.45, 2.75) is 45.7 Å². The molecule has 5 heteroatoms. The number of carbonyl (C=O) groups is 1. The molecule has 0 aromatic heterocycles. The van der Waals surface area contributed by atoms with E-state index in [1.807, 2.05) is 25.6 Å². The Kier molecular flexibility index (Phi) is 3.14. The molecule has 1 atom stereocenters. The molecule has 0 aromatic rings. The Balaban J connectivity index is 2.29. The van der Waals surface area contributed by atoms with Crippen LogP contribution in [0.1, 0.15) is 34.1 Å². The lowest BCUT2D eigenvalue weighted by atomic mass is 9.71. The molecule has 4 nitrogen and oxygen atoms in total. The normalized spacial score (nSPS) is 34.2. The monoisotopic (exact) mass is 255 g/mol. The standard InChI is InChI=1S/C12H21N3OS/c1-8(2)13-10-14-9(16)12(15-10)7-17-6-5-11(12,3)4/h8H,5-7H2,1-4H3,(H2,13,14,15,16). The molecule has 96 valence electrons. The summed E-state index contributed by atoms with van der Waals surface area (Å²) in [6, 6.07) is 0.187. The van der Waals surface area contributed by atoms with Gasteiger partial charge in [-0.15, -0.1) is 0 Å². The van der Waals surface area contributed by atoms with Crippen LogP contribution in [-0.4, -0.2) is 35.0 Å². The zero-order chi connectivity index (χ0) is 12.7. The van der Waals surface area contributed by atoms with Crippen molar-refractivity contribution in [3.05, 3.63) is 0 Å². The number of guanidine groups is 1. The van der Waals surface area contributed by atoms with Crippen molar-refractivity contribution in [3.63, 3.8) is 0 Å². The summed E-state index contributed by atoms with van der Waals surface area (Å²) >= 11 is 1.84. The maximum Gasteiger partial charge on any atom is 0.253 e. The van der Waals surface area contributed by atoms with Crippen LogP contribution in [0.15, 0.2) is 4.99 Å². The van der Waals surface area contributed by atoms with E-state index in [0.29, 0.717) is 5.96 Å². The number of rotatable bonds is 1. The van der Waals surface area contributed by atoms with Crippen molar-refractivity contribution in [1.82, 2.24) is 10.6 Å². The second kappa shape index (κ2) is 4.19. The molecule has 0 saturated carbocycles. The zero-order valence-electron chi connectivity index (χ0n) is 11.0. The van der Waals surface area contributed by atoms with E-state index in [1.54, 1.807) is 0 Å². The van der Waals surface area contributed by atoms with Gasteiger partial charge in [0, 0.05) is 11.8 Å². The molecule has 0 aliphatic carbocycles. The molecule has 2 rings (SSSR count). The molecule has 0 bridgehead atoms. The Bertz CT molecular complexity index is 365. The van der Waals surface area contributed by atoms with Crippen LogP contribution in [0.3, 0.4) is 0 Å². The molecule has 17 heavy (non-hydrogen) atoms. The largest absolute Gasteiger partial charge is 0.340 e. The molecule has 2 fully saturated rings. The first kappa shape index (κ1) is 12.7. The minimum absolute atomic E-state index is 0.0312. The van der Waals surface area contributed by atoms with Gasteiger partial charge in [0.05, 0.1) is 0 Å². The lowest BCUT2D eigenvalue weighted by Gasteiger charge is -2.45. The van der Waals surface area contributed by atoms with Gasteiger partial charge < -0.3 is 5.32 Å². The Labute approximate surface area is 107 Å². The maximum atomic E-state index is 12.3. The highest BCUT2D eigenvalue weighted by Gasteiger charge is 2.56. The minimum Gasteiger partial charge on any atom is -0.340 e. The molecule has 2 heterocycles. The Morgan fingerprint density at radius 1 is 1.41 bits per heavy atom. The first-order chi connectivity index (χ1) is 7.87. The molecule has 0 aromatic carbocycles.